The van der Waals surface area contributed by atoms with Crippen molar-refractivity contribution in [2.75, 3.05) is 10.6 Å². The molecule has 0 bridgehead atoms. The first-order valence-corrected chi connectivity index (χ1v) is 10.5. The highest BCUT2D eigenvalue weighted by molar-refractivity contribution is 6.01. The number of hydrogen-bond acceptors (Lipinski definition) is 3. The van der Waals surface area contributed by atoms with Gasteiger partial charge in [0.15, 0.2) is 5.78 Å². The average molecular weight is 434 g/mol. The fourth-order valence-electron chi connectivity index (χ4n) is 4.60. The molecule has 1 heterocycles. The van der Waals surface area contributed by atoms with E-state index in [1.54, 1.807) is 6.07 Å². The molecule has 0 aromatic heterocycles. The highest BCUT2D eigenvalue weighted by atomic mass is 19.4. The Morgan fingerprint density at radius 1 is 0.781 bits per heavy atom. The Kier molecular flexibility index (Phi) is 5.00. The van der Waals surface area contributed by atoms with Crippen LogP contribution in [0.25, 0.3) is 0 Å². The number of para-hydroxylation sites is 2. The number of carbonyl (C=O) groups is 1. The molecule has 0 fully saturated rings. The number of Topliss-reactive ketones (excluding diaryl/α,β-unsaturated/α-hetero) is 1. The van der Waals surface area contributed by atoms with Crippen LogP contribution in [0.3, 0.4) is 0 Å². The van der Waals surface area contributed by atoms with Gasteiger partial charge in [0.25, 0.3) is 0 Å². The van der Waals surface area contributed by atoms with Gasteiger partial charge in [0.05, 0.1) is 23.0 Å². The molecule has 3 nitrogen and oxygen atoms in total. The molecule has 2 atom stereocenters. The van der Waals surface area contributed by atoms with Crippen LogP contribution in [0.15, 0.2) is 90.1 Å². The molecular weight excluding hydrogens is 413 g/mol. The fourth-order valence-corrected chi connectivity index (χ4v) is 4.60. The number of anilines is 2. The zero-order valence-corrected chi connectivity index (χ0v) is 17.1. The molecular formula is C26H21F3N2O. The van der Waals surface area contributed by atoms with Crippen LogP contribution in [0.2, 0.25) is 0 Å². The van der Waals surface area contributed by atoms with E-state index in [2.05, 4.69) is 10.6 Å². The van der Waals surface area contributed by atoms with Gasteiger partial charge in [0, 0.05) is 17.7 Å². The van der Waals surface area contributed by atoms with Gasteiger partial charge >= 0.3 is 6.18 Å². The molecule has 1 aliphatic heterocycles. The minimum absolute atomic E-state index is 0.0161. The van der Waals surface area contributed by atoms with E-state index in [9.17, 15) is 18.0 Å². The van der Waals surface area contributed by atoms with E-state index in [4.69, 9.17) is 0 Å². The maximum absolute atomic E-state index is 13.4. The molecule has 2 N–H and O–H groups in total. The summed E-state index contributed by atoms with van der Waals surface area (Å²) in [5.74, 6) is -0.0438. The minimum Gasteiger partial charge on any atom is -0.372 e. The van der Waals surface area contributed by atoms with Gasteiger partial charge in [-0.1, -0.05) is 54.6 Å². The number of alkyl halides is 3. The van der Waals surface area contributed by atoms with E-state index in [1.807, 2.05) is 54.6 Å². The van der Waals surface area contributed by atoms with Gasteiger partial charge in [0.2, 0.25) is 0 Å². The van der Waals surface area contributed by atoms with Crippen LogP contribution in [0.4, 0.5) is 24.5 Å². The number of benzene rings is 3. The van der Waals surface area contributed by atoms with Crippen molar-refractivity contribution in [3.63, 3.8) is 0 Å². The lowest BCUT2D eigenvalue weighted by Gasteiger charge is -2.30. The molecule has 0 amide bonds. The maximum atomic E-state index is 13.4. The summed E-state index contributed by atoms with van der Waals surface area (Å²) in [6.45, 7) is 0. The summed E-state index contributed by atoms with van der Waals surface area (Å²) in [4.78, 5) is 13.4. The molecule has 0 saturated heterocycles. The summed E-state index contributed by atoms with van der Waals surface area (Å²) in [5, 5.41) is 6.74. The number of hydrogen-bond donors (Lipinski definition) is 2. The van der Waals surface area contributed by atoms with Crippen molar-refractivity contribution >= 4 is 17.2 Å². The van der Waals surface area contributed by atoms with Crippen molar-refractivity contribution < 1.29 is 18.0 Å². The van der Waals surface area contributed by atoms with E-state index >= 15 is 0 Å². The normalized spacial score (nSPS) is 20.5. The second-order valence-corrected chi connectivity index (χ2v) is 8.20. The van der Waals surface area contributed by atoms with Crippen LogP contribution < -0.4 is 10.6 Å². The molecule has 0 spiro atoms. The summed E-state index contributed by atoms with van der Waals surface area (Å²) in [6.07, 6.45) is -3.53. The number of halogens is 3. The number of carbonyl (C=O) groups excluding carboxylic acids is 1. The Morgan fingerprint density at radius 3 is 2.22 bits per heavy atom. The quantitative estimate of drug-likeness (QED) is 0.472. The second kappa shape index (κ2) is 7.86. The van der Waals surface area contributed by atoms with Crippen molar-refractivity contribution in [3.8, 4) is 0 Å². The lowest BCUT2D eigenvalue weighted by Crippen LogP contribution is -2.27. The Balaban J connectivity index is 1.62. The SMILES string of the molecule is O=C1C[C@@H](c2ccccc2)CC2=C1[C@@H](c1cccc(C(F)(F)F)c1)Nc1ccccc1N2. The maximum Gasteiger partial charge on any atom is 0.416 e. The third-order valence-electron chi connectivity index (χ3n) is 6.13. The number of ketones is 1. The lowest BCUT2D eigenvalue weighted by atomic mass is 9.78. The summed E-state index contributed by atoms with van der Waals surface area (Å²) in [5.41, 5.74) is 3.58. The minimum atomic E-state index is -4.46. The smallest absolute Gasteiger partial charge is 0.372 e. The summed E-state index contributed by atoms with van der Waals surface area (Å²) < 4.78 is 40.2. The average Bonchev–Trinajstić information content (AvgIpc) is 2.96. The molecule has 5 rings (SSSR count). The van der Waals surface area contributed by atoms with Gasteiger partial charge in [-0.3, -0.25) is 4.79 Å². The van der Waals surface area contributed by atoms with Crippen molar-refractivity contribution in [1.29, 1.82) is 0 Å². The largest absolute Gasteiger partial charge is 0.416 e. The lowest BCUT2D eigenvalue weighted by molar-refractivity contribution is -0.137. The van der Waals surface area contributed by atoms with E-state index in [0.717, 1.165) is 34.8 Å². The van der Waals surface area contributed by atoms with Gasteiger partial charge in [-0.2, -0.15) is 13.2 Å². The Bertz CT molecular complexity index is 1200. The number of allylic oxidation sites excluding steroid dienone is 1. The Hall–Kier alpha value is -3.54. The molecule has 0 saturated carbocycles. The highest BCUT2D eigenvalue weighted by Crippen LogP contribution is 2.44. The van der Waals surface area contributed by atoms with Crippen LogP contribution in [0.1, 0.15) is 41.5 Å². The molecule has 2 aliphatic rings. The number of rotatable bonds is 2. The van der Waals surface area contributed by atoms with Crippen LogP contribution in [-0.2, 0) is 11.0 Å². The van der Waals surface area contributed by atoms with Crippen molar-refractivity contribution in [3.05, 3.63) is 107 Å². The van der Waals surface area contributed by atoms with Gasteiger partial charge in [-0.05, 0) is 47.7 Å². The Morgan fingerprint density at radius 2 is 1.47 bits per heavy atom. The number of fused-ring (bicyclic) bond motifs is 1. The zero-order chi connectivity index (χ0) is 22.3. The molecule has 0 radical (unpaired) electrons. The zero-order valence-electron chi connectivity index (χ0n) is 17.1. The Labute approximate surface area is 184 Å². The van der Waals surface area contributed by atoms with Crippen LogP contribution >= 0.6 is 0 Å². The third-order valence-corrected chi connectivity index (χ3v) is 6.13. The topological polar surface area (TPSA) is 41.1 Å². The second-order valence-electron chi connectivity index (χ2n) is 8.20. The molecule has 32 heavy (non-hydrogen) atoms. The first-order valence-electron chi connectivity index (χ1n) is 10.5. The van der Waals surface area contributed by atoms with E-state index in [1.165, 1.54) is 6.07 Å². The summed E-state index contributed by atoms with van der Waals surface area (Å²) in [6, 6.07) is 21.9. The molecule has 0 unspecified atom stereocenters. The van der Waals surface area contributed by atoms with Gasteiger partial charge in [-0.15, -0.1) is 0 Å². The van der Waals surface area contributed by atoms with Crippen molar-refractivity contribution in [2.24, 2.45) is 0 Å². The first kappa shape index (κ1) is 20.4. The summed E-state index contributed by atoms with van der Waals surface area (Å²) in [7, 11) is 0. The standard InChI is InChI=1S/C26H21F3N2O/c27-26(28,29)19-10-6-9-17(13-19)25-24-22(30-20-11-4-5-12-21(20)31-25)14-18(15-23(24)32)16-7-2-1-3-8-16/h1-13,18,25,30-31H,14-15H2/t18-,25+/m0/s1. The van der Waals surface area contributed by atoms with Gasteiger partial charge in [-0.25, -0.2) is 0 Å². The molecule has 6 heteroatoms. The van der Waals surface area contributed by atoms with Gasteiger partial charge in [0.1, 0.15) is 0 Å². The fraction of sp³-hybridized carbons (Fsp3) is 0.192. The number of nitrogens with one attached hydrogen (secondary N) is 2. The monoisotopic (exact) mass is 434 g/mol. The van der Waals surface area contributed by atoms with Crippen molar-refractivity contribution in [2.45, 2.75) is 31.0 Å². The molecule has 162 valence electrons. The third kappa shape index (κ3) is 3.77. The highest BCUT2D eigenvalue weighted by Gasteiger charge is 2.37. The van der Waals surface area contributed by atoms with Crippen LogP contribution in [0.5, 0.6) is 0 Å². The molecule has 3 aromatic rings. The van der Waals surface area contributed by atoms with Crippen molar-refractivity contribution in [1.82, 2.24) is 0 Å². The van der Waals surface area contributed by atoms with Crippen LogP contribution in [-0.4, -0.2) is 5.78 Å². The molecule has 1 aliphatic carbocycles. The van der Waals surface area contributed by atoms with E-state index in [0.29, 0.717) is 24.0 Å². The van der Waals surface area contributed by atoms with E-state index in [-0.39, 0.29) is 11.7 Å². The summed E-state index contributed by atoms with van der Waals surface area (Å²) >= 11 is 0. The first-order chi connectivity index (χ1) is 15.4. The molecule has 3 aromatic carbocycles. The predicted octanol–water partition coefficient (Wildman–Crippen LogP) is 6.68. The van der Waals surface area contributed by atoms with Crippen LogP contribution in [0, 0.1) is 0 Å². The predicted molar refractivity (Wildman–Crippen MR) is 118 cm³/mol. The van der Waals surface area contributed by atoms with E-state index < -0.39 is 17.8 Å². The van der Waals surface area contributed by atoms with Gasteiger partial charge < -0.3 is 10.6 Å².